The summed E-state index contributed by atoms with van der Waals surface area (Å²) in [4.78, 5) is 16.2. The fourth-order valence-corrected chi connectivity index (χ4v) is 7.40. The van der Waals surface area contributed by atoms with Crippen molar-refractivity contribution in [2.45, 2.75) is 70.9 Å². The molecule has 0 amide bonds. The molecule has 2 spiro atoms. The fraction of sp³-hybridized carbons (Fsp3) is 0.952. The zero-order valence-electron chi connectivity index (χ0n) is 16.8. The molecule has 6 nitrogen and oxygen atoms in total. The lowest BCUT2D eigenvalue weighted by molar-refractivity contribution is -0.295. The van der Waals surface area contributed by atoms with Crippen LogP contribution in [0.5, 0.6) is 0 Å². The summed E-state index contributed by atoms with van der Waals surface area (Å²) in [6, 6.07) is 0. The first-order chi connectivity index (χ1) is 12.9. The van der Waals surface area contributed by atoms with E-state index in [0.717, 1.165) is 45.2 Å². The van der Waals surface area contributed by atoms with Gasteiger partial charge in [-0.05, 0) is 43.4 Å². The minimum atomic E-state index is -0.335. The minimum Gasteiger partial charge on any atom is -0.347 e. The van der Waals surface area contributed by atoms with Gasteiger partial charge in [0.15, 0.2) is 11.6 Å². The minimum absolute atomic E-state index is 0.0842. The van der Waals surface area contributed by atoms with Crippen LogP contribution in [0, 0.1) is 28.6 Å². The van der Waals surface area contributed by atoms with Crippen molar-refractivity contribution in [3.8, 4) is 0 Å². The molecule has 3 saturated carbocycles. The van der Waals surface area contributed by atoms with Gasteiger partial charge in [-0.3, -0.25) is 0 Å². The second-order valence-corrected chi connectivity index (χ2v) is 9.62. The van der Waals surface area contributed by atoms with E-state index in [1.807, 2.05) is 0 Å². The third kappa shape index (κ3) is 2.54. The summed E-state index contributed by atoms with van der Waals surface area (Å²) in [5.74, 6) is 1.52. The van der Waals surface area contributed by atoms with Gasteiger partial charge in [0.1, 0.15) is 0 Å². The first-order valence-corrected chi connectivity index (χ1v) is 10.4. The van der Waals surface area contributed by atoms with Crippen LogP contribution < -0.4 is 0 Å². The lowest BCUT2D eigenvalue weighted by Crippen LogP contribution is -2.61. The Morgan fingerprint density at radius 1 is 0.704 bits per heavy atom. The first kappa shape index (κ1) is 19.5. The molecule has 2 heterocycles. The molecule has 0 N–H and O–H groups in total. The standard InChI is InChI=1S/C20H32O4.CO2/c1-17(2)15-5-7-18(3)16(6-9-20(18)23-12-13-24-20)14(15)4-8-19(17)21-10-11-22-19;2-1-3/h14-16H,4-13H2,1-3H3;/t14-,15+,16+,18+;/m1./s1. The molecular formula is C21H32O6. The highest BCUT2D eigenvalue weighted by Crippen LogP contribution is 2.69. The molecule has 0 radical (unpaired) electrons. The average molecular weight is 380 g/mol. The molecule has 152 valence electrons. The van der Waals surface area contributed by atoms with E-state index in [1.165, 1.54) is 25.7 Å². The van der Waals surface area contributed by atoms with Crippen molar-refractivity contribution < 1.29 is 28.5 Å². The monoisotopic (exact) mass is 380 g/mol. The van der Waals surface area contributed by atoms with Crippen LogP contribution in [0.1, 0.15) is 59.3 Å². The third-order valence-corrected chi connectivity index (χ3v) is 8.70. The molecular weight excluding hydrogens is 348 g/mol. The molecule has 0 unspecified atom stereocenters. The number of fused-ring (bicyclic) bond motifs is 4. The summed E-state index contributed by atoms with van der Waals surface area (Å²) < 4.78 is 24.9. The SMILES string of the molecule is CC1(C)[C@H]2CC[C@@]3(C)[C@@H](CCC34OCCO4)[C@@H]2CCC12OCCO2.O=C=O. The van der Waals surface area contributed by atoms with Gasteiger partial charge in [0.25, 0.3) is 0 Å². The van der Waals surface area contributed by atoms with E-state index in [-0.39, 0.29) is 28.6 Å². The highest BCUT2D eigenvalue weighted by atomic mass is 16.7. The molecule has 0 aromatic heterocycles. The maximum atomic E-state index is 8.12. The van der Waals surface area contributed by atoms with Crippen molar-refractivity contribution in [1.82, 2.24) is 0 Å². The summed E-state index contributed by atoms with van der Waals surface area (Å²) in [6.45, 7) is 10.3. The summed E-state index contributed by atoms with van der Waals surface area (Å²) in [7, 11) is 0. The second kappa shape index (κ2) is 6.64. The predicted octanol–water partition coefficient (Wildman–Crippen LogP) is 3.15. The van der Waals surface area contributed by atoms with Crippen molar-refractivity contribution >= 4 is 6.15 Å². The van der Waals surface area contributed by atoms with Crippen LogP contribution in [0.25, 0.3) is 0 Å². The zero-order chi connectivity index (χ0) is 19.3. The van der Waals surface area contributed by atoms with E-state index >= 15 is 0 Å². The summed E-state index contributed by atoms with van der Waals surface area (Å²) in [5.41, 5.74) is 0.267. The molecule has 27 heavy (non-hydrogen) atoms. The molecule has 0 bridgehead atoms. The van der Waals surface area contributed by atoms with E-state index < -0.39 is 0 Å². The largest absolute Gasteiger partial charge is 0.373 e. The molecule has 3 aliphatic carbocycles. The van der Waals surface area contributed by atoms with E-state index in [2.05, 4.69) is 20.8 Å². The normalized spacial score (nSPS) is 42.9. The number of hydrogen-bond acceptors (Lipinski definition) is 6. The van der Waals surface area contributed by atoms with E-state index in [9.17, 15) is 0 Å². The Kier molecular flexibility index (Phi) is 4.80. The Labute approximate surface area is 161 Å². The van der Waals surface area contributed by atoms with Crippen LogP contribution in [0.3, 0.4) is 0 Å². The maximum Gasteiger partial charge on any atom is 0.373 e. The molecule has 5 aliphatic rings. The molecule has 2 aliphatic heterocycles. The molecule has 5 fully saturated rings. The molecule has 0 aromatic rings. The van der Waals surface area contributed by atoms with Crippen LogP contribution in [0.15, 0.2) is 0 Å². The van der Waals surface area contributed by atoms with Gasteiger partial charge in [-0.25, -0.2) is 0 Å². The van der Waals surface area contributed by atoms with Crippen LogP contribution in [0.4, 0.5) is 0 Å². The van der Waals surface area contributed by atoms with Gasteiger partial charge in [-0.2, -0.15) is 9.59 Å². The summed E-state index contributed by atoms with van der Waals surface area (Å²) >= 11 is 0. The fourth-order valence-electron chi connectivity index (χ4n) is 7.40. The van der Waals surface area contributed by atoms with Crippen LogP contribution in [-0.4, -0.2) is 44.2 Å². The molecule has 6 heteroatoms. The van der Waals surface area contributed by atoms with Crippen LogP contribution in [-0.2, 0) is 28.5 Å². The highest BCUT2D eigenvalue weighted by Gasteiger charge is 2.69. The van der Waals surface area contributed by atoms with E-state index in [4.69, 9.17) is 28.5 Å². The van der Waals surface area contributed by atoms with Crippen LogP contribution >= 0.6 is 0 Å². The molecule has 0 aromatic carbocycles. The Morgan fingerprint density at radius 2 is 1.19 bits per heavy atom. The van der Waals surface area contributed by atoms with E-state index in [0.29, 0.717) is 11.8 Å². The lowest BCUT2D eigenvalue weighted by Gasteiger charge is -2.60. The Hall–Kier alpha value is -0.780. The van der Waals surface area contributed by atoms with Crippen molar-refractivity contribution in [3.63, 3.8) is 0 Å². The smallest absolute Gasteiger partial charge is 0.347 e. The third-order valence-electron chi connectivity index (χ3n) is 8.70. The molecule has 4 atom stereocenters. The number of hydrogen-bond donors (Lipinski definition) is 0. The Morgan fingerprint density at radius 3 is 1.78 bits per heavy atom. The molecule has 5 rings (SSSR count). The Bertz CT molecular complexity index is 586. The zero-order valence-corrected chi connectivity index (χ0v) is 16.8. The number of rotatable bonds is 0. The van der Waals surface area contributed by atoms with Gasteiger partial charge in [-0.1, -0.05) is 20.8 Å². The average Bonchev–Trinajstić information content (AvgIpc) is 3.35. The number of ether oxygens (including phenoxy) is 4. The topological polar surface area (TPSA) is 71.1 Å². The predicted molar refractivity (Wildman–Crippen MR) is 94.3 cm³/mol. The Balaban J connectivity index is 0.000000565. The number of carbonyl (C=O) groups excluding carboxylic acids is 2. The van der Waals surface area contributed by atoms with Crippen molar-refractivity contribution in [2.24, 2.45) is 28.6 Å². The highest BCUT2D eigenvalue weighted by molar-refractivity contribution is 5.20. The van der Waals surface area contributed by atoms with Crippen molar-refractivity contribution in [1.29, 1.82) is 0 Å². The van der Waals surface area contributed by atoms with Gasteiger partial charge in [-0.15, -0.1) is 0 Å². The lowest BCUT2D eigenvalue weighted by atomic mass is 9.48. The summed E-state index contributed by atoms with van der Waals surface area (Å²) in [6.07, 6.45) is 7.30. The quantitative estimate of drug-likeness (QED) is 0.643. The second-order valence-electron chi connectivity index (χ2n) is 9.62. The van der Waals surface area contributed by atoms with Gasteiger partial charge in [0.05, 0.1) is 26.4 Å². The van der Waals surface area contributed by atoms with Crippen molar-refractivity contribution in [3.05, 3.63) is 0 Å². The van der Waals surface area contributed by atoms with Crippen LogP contribution in [0.2, 0.25) is 0 Å². The molecule has 2 saturated heterocycles. The first-order valence-electron chi connectivity index (χ1n) is 10.4. The van der Waals surface area contributed by atoms with Crippen molar-refractivity contribution in [2.75, 3.05) is 26.4 Å². The van der Waals surface area contributed by atoms with E-state index in [1.54, 1.807) is 0 Å². The van der Waals surface area contributed by atoms with Gasteiger partial charge in [0.2, 0.25) is 0 Å². The van der Waals surface area contributed by atoms with Gasteiger partial charge >= 0.3 is 6.15 Å². The summed E-state index contributed by atoms with van der Waals surface area (Å²) in [5, 5.41) is 0. The van der Waals surface area contributed by atoms with Gasteiger partial charge in [0, 0.05) is 23.7 Å². The maximum absolute atomic E-state index is 8.12. The van der Waals surface area contributed by atoms with Gasteiger partial charge < -0.3 is 18.9 Å².